The first-order valence-corrected chi connectivity index (χ1v) is 6.06. The number of benzene rings is 1. The van der Waals surface area contributed by atoms with Gasteiger partial charge in [-0.1, -0.05) is 29.3 Å². The average molecular weight is 237 g/mol. The van der Waals surface area contributed by atoms with Crippen LogP contribution in [0.3, 0.4) is 0 Å². The van der Waals surface area contributed by atoms with Gasteiger partial charge in [0.05, 0.1) is 12.7 Å². The zero-order valence-electron chi connectivity index (χ0n) is 11.0. The van der Waals surface area contributed by atoms with Gasteiger partial charge in [-0.05, 0) is 25.8 Å². The second kappa shape index (κ2) is 7.43. The van der Waals surface area contributed by atoms with Crippen molar-refractivity contribution in [3.63, 3.8) is 0 Å². The first kappa shape index (κ1) is 14.2. The van der Waals surface area contributed by atoms with Crippen LogP contribution in [-0.2, 0) is 11.2 Å². The molecule has 1 aromatic carbocycles. The molecule has 0 amide bonds. The first-order valence-electron chi connectivity index (χ1n) is 6.06. The Bertz CT molecular complexity index is 319. The summed E-state index contributed by atoms with van der Waals surface area (Å²) in [5.74, 6) is 0. The highest BCUT2D eigenvalue weighted by molar-refractivity contribution is 5.28. The molecule has 0 fully saturated rings. The van der Waals surface area contributed by atoms with E-state index >= 15 is 0 Å². The minimum Gasteiger partial charge on any atom is -0.391 e. The van der Waals surface area contributed by atoms with Gasteiger partial charge in [0.1, 0.15) is 0 Å². The fourth-order valence-corrected chi connectivity index (χ4v) is 1.97. The fraction of sp³-hybridized carbons (Fsp3) is 0.571. The van der Waals surface area contributed by atoms with Crippen LogP contribution >= 0.6 is 0 Å². The molecule has 0 aliphatic rings. The Morgan fingerprint density at radius 1 is 1.24 bits per heavy atom. The Hall–Kier alpha value is -0.900. The van der Waals surface area contributed by atoms with E-state index in [9.17, 15) is 5.11 Å². The number of hydrogen-bond acceptors (Lipinski definition) is 3. The van der Waals surface area contributed by atoms with E-state index in [1.807, 2.05) is 0 Å². The van der Waals surface area contributed by atoms with Gasteiger partial charge >= 0.3 is 0 Å². The molecule has 3 heteroatoms. The van der Waals surface area contributed by atoms with Crippen LogP contribution in [0, 0.1) is 13.8 Å². The lowest BCUT2D eigenvalue weighted by atomic mass is 10.0. The predicted molar refractivity (Wildman–Crippen MR) is 70.4 cm³/mol. The van der Waals surface area contributed by atoms with E-state index in [-0.39, 0.29) is 6.10 Å². The average Bonchev–Trinajstić information content (AvgIpc) is 2.23. The SMILES string of the molecule is COCCNCC(O)Cc1cc(C)cc(C)c1. The Labute approximate surface area is 104 Å². The Balaban J connectivity index is 2.36. The molecule has 0 aromatic heterocycles. The largest absolute Gasteiger partial charge is 0.391 e. The molecule has 1 rings (SSSR count). The van der Waals surface area contributed by atoms with Gasteiger partial charge in [0, 0.05) is 20.2 Å². The van der Waals surface area contributed by atoms with Crippen LogP contribution < -0.4 is 5.32 Å². The monoisotopic (exact) mass is 237 g/mol. The van der Waals surface area contributed by atoms with Gasteiger partial charge in [-0.2, -0.15) is 0 Å². The molecule has 17 heavy (non-hydrogen) atoms. The lowest BCUT2D eigenvalue weighted by molar-refractivity contribution is 0.160. The van der Waals surface area contributed by atoms with Crippen LogP contribution in [0.4, 0.5) is 0 Å². The Morgan fingerprint density at radius 3 is 2.47 bits per heavy atom. The summed E-state index contributed by atoms with van der Waals surface area (Å²) in [6.07, 6.45) is 0.357. The van der Waals surface area contributed by atoms with Crippen LogP contribution in [0.2, 0.25) is 0 Å². The fourth-order valence-electron chi connectivity index (χ4n) is 1.97. The molecule has 3 nitrogen and oxygen atoms in total. The van der Waals surface area contributed by atoms with Crippen molar-refractivity contribution >= 4 is 0 Å². The maximum atomic E-state index is 9.88. The van der Waals surface area contributed by atoms with Crippen molar-refractivity contribution in [3.8, 4) is 0 Å². The molecule has 2 N–H and O–H groups in total. The van der Waals surface area contributed by atoms with Crippen LogP contribution in [0.25, 0.3) is 0 Å². The van der Waals surface area contributed by atoms with E-state index in [1.165, 1.54) is 16.7 Å². The Morgan fingerprint density at radius 2 is 1.88 bits per heavy atom. The zero-order valence-corrected chi connectivity index (χ0v) is 11.0. The molecule has 1 aromatic rings. The summed E-state index contributed by atoms with van der Waals surface area (Å²) < 4.78 is 4.93. The van der Waals surface area contributed by atoms with Crippen molar-refractivity contribution in [3.05, 3.63) is 34.9 Å². The molecule has 0 aliphatic heterocycles. The molecule has 0 radical (unpaired) electrons. The molecule has 0 saturated carbocycles. The Kier molecular flexibility index (Phi) is 6.19. The van der Waals surface area contributed by atoms with E-state index in [0.29, 0.717) is 19.6 Å². The van der Waals surface area contributed by atoms with Crippen molar-refractivity contribution in [2.75, 3.05) is 26.8 Å². The molecule has 1 unspecified atom stereocenters. The maximum Gasteiger partial charge on any atom is 0.0704 e. The highest BCUT2D eigenvalue weighted by Gasteiger charge is 2.05. The van der Waals surface area contributed by atoms with Gasteiger partial charge in [0.25, 0.3) is 0 Å². The summed E-state index contributed by atoms with van der Waals surface area (Å²) in [5.41, 5.74) is 3.70. The number of nitrogens with one attached hydrogen (secondary N) is 1. The highest BCUT2D eigenvalue weighted by Crippen LogP contribution is 2.10. The zero-order chi connectivity index (χ0) is 12.7. The lowest BCUT2D eigenvalue weighted by Crippen LogP contribution is -2.30. The quantitative estimate of drug-likeness (QED) is 0.705. The second-order valence-electron chi connectivity index (χ2n) is 4.55. The van der Waals surface area contributed by atoms with Gasteiger partial charge in [-0.15, -0.1) is 0 Å². The smallest absolute Gasteiger partial charge is 0.0704 e. The van der Waals surface area contributed by atoms with Crippen LogP contribution in [0.5, 0.6) is 0 Å². The third kappa shape index (κ3) is 5.82. The summed E-state index contributed by atoms with van der Waals surface area (Å²) in [5, 5.41) is 13.0. The van der Waals surface area contributed by atoms with E-state index < -0.39 is 0 Å². The third-order valence-corrected chi connectivity index (χ3v) is 2.62. The van der Waals surface area contributed by atoms with Crippen LogP contribution in [0.15, 0.2) is 18.2 Å². The molecule has 0 aliphatic carbocycles. The topological polar surface area (TPSA) is 41.5 Å². The predicted octanol–water partition coefficient (Wildman–Crippen LogP) is 1.44. The second-order valence-corrected chi connectivity index (χ2v) is 4.55. The van der Waals surface area contributed by atoms with E-state index in [2.05, 4.69) is 37.4 Å². The molecular weight excluding hydrogens is 214 g/mol. The standard InChI is InChI=1S/C14H23NO2/c1-11-6-12(2)8-13(7-11)9-14(16)10-15-4-5-17-3/h6-8,14-16H,4-5,9-10H2,1-3H3. The molecule has 0 spiro atoms. The first-order chi connectivity index (χ1) is 8.11. The van der Waals surface area contributed by atoms with Crippen LogP contribution in [0.1, 0.15) is 16.7 Å². The molecule has 0 bridgehead atoms. The number of rotatable bonds is 7. The van der Waals surface area contributed by atoms with Crippen molar-refractivity contribution in [1.82, 2.24) is 5.32 Å². The molecular formula is C14H23NO2. The third-order valence-electron chi connectivity index (χ3n) is 2.62. The number of aliphatic hydroxyl groups is 1. The molecule has 0 saturated heterocycles. The van der Waals surface area contributed by atoms with Gasteiger partial charge in [-0.25, -0.2) is 0 Å². The van der Waals surface area contributed by atoms with Gasteiger partial charge in [0.2, 0.25) is 0 Å². The summed E-state index contributed by atoms with van der Waals surface area (Å²) in [4.78, 5) is 0. The van der Waals surface area contributed by atoms with Crippen molar-refractivity contribution in [2.24, 2.45) is 0 Å². The number of hydrogen-bond donors (Lipinski definition) is 2. The number of ether oxygens (including phenoxy) is 1. The number of aryl methyl sites for hydroxylation is 2. The van der Waals surface area contributed by atoms with Gasteiger partial charge < -0.3 is 15.2 Å². The minimum absolute atomic E-state index is 0.340. The van der Waals surface area contributed by atoms with Crippen molar-refractivity contribution in [1.29, 1.82) is 0 Å². The minimum atomic E-state index is -0.340. The van der Waals surface area contributed by atoms with Gasteiger partial charge in [-0.3, -0.25) is 0 Å². The summed E-state index contributed by atoms with van der Waals surface area (Å²) >= 11 is 0. The van der Waals surface area contributed by atoms with Crippen LogP contribution in [-0.4, -0.2) is 38.0 Å². The summed E-state index contributed by atoms with van der Waals surface area (Å²) in [7, 11) is 1.67. The lowest BCUT2D eigenvalue weighted by Gasteiger charge is -2.12. The number of methoxy groups -OCH3 is 1. The summed E-state index contributed by atoms with van der Waals surface area (Å²) in [6.45, 7) is 6.23. The van der Waals surface area contributed by atoms with Gasteiger partial charge in [0.15, 0.2) is 0 Å². The molecule has 96 valence electrons. The van der Waals surface area contributed by atoms with Crippen molar-refractivity contribution in [2.45, 2.75) is 26.4 Å². The van der Waals surface area contributed by atoms with E-state index in [1.54, 1.807) is 7.11 Å². The normalized spacial score (nSPS) is 12.7. The molecule has 1 atom stereocenters. The van der Waals surface area contributed by atoms with E-state index in [0.717, 1.165) is 6.54 Å². The highest BCUT2D eigenvalue weighted by atomic mass is 16.5. The summed E-state index contributed by atoms with van der Waals surface area (Å²) in [6, 6.07) is 6.41. The van der Waals surface area contributed by atoms with Crippen molar-refractivity contribution < 1.29 is 9.84 Å². The number of aliphatic hydroxyl groups excluding tert-OH is 1. The maximum absolute atomic E-state index is 9.88. The van der Waals surface area contributed by atoms with E-state index in [4.69, 9.17) is 4.74 Å². The molecule has 0 heterocycles.